The van der Waals surface area contributed by atoms with Gasteiger partial charge in [0.15, 0.2) is 0 Å². The van der Waals surface area contributed by atoms with Gasteiger partial charge in [-0.1, -0.05) is 30.3 Å². The van der Waals surface area contributed by atoms with E-state index in [4.69, 9.17) is 0 Å². The fourth-order valence-electron chi connectivity index (χ4n) is 2.75. The second-order valence-electron chi connectivity index (χ2n) is 6.15. The summed E-state index contributed by atoms with van der Waals surface area (Å²) >= 11 is 1.58. The summed E-state index contributed by atoms with van der Waals surface area (Å²) in [5.41, 5.74) is 4.70. The summed E-state index contributed by atoms with van der Waals surface area (Å²) in [6.45, 7) is -0.0991. The number of para-hydroxylation sites is 1. The Kier molecular flexibility index (Phi) is 5.44. The van der Waals surface area contributed by atoms with Crippen LogP contribution in [-0.2, 0) is 11.3 Å². The molecule has 0 spiro atoms. The fourth-order valence-corrected chi connectivity index (χ4v) is 3.49. The van der Waals surface area contributed by atoms with Crippen molar-refractivity contribution in [2.24, 2.45) is 5.10 Å². The van der Waals surface area contributed by atoms with E-state index < -0.39 is 0 Å². The van der Waals surface area contributed by atoms with Gasteiger partial charge in [0.25, 0.3) is 11.5 Å². The average molecular weight is 403 g/mol. The smallest absolute Gasteiger partial charge is 0.260 e. The maximum absolute atomic E-state index is 12.1. The Hall–Kier alpha value is -3.78. The summed E-state index contributed by atoms with van der Waals surface area (Å²) in [7, 11) is 0. The zero-order valence-electron chi connectivity index (χ0n) is 15.3. The molecule has 144 valence electrons. The minimum atomic E-state index is -0.386. The number of hydrogen-bond acceptors (Lipinski definition) is 5. The van der Waals surface area contributed by atoms with E-state index >= 15 is 0 Å². The van der Waals surface area contributed by atoms with Gasteiger partial charge in [-0.15, -0.1) is 11.3 Å². The lowest BCUT2D eigenvalue weighted by Gasteiger charge is -2.02. The molecule has 0 atom stereocenters. The number of carbonyl (C=O) groups excluding carboxylic acids is 1. The lowest BCUT2D eigenvalue weighted by atomic mass is 10.2. The van der Waals surface area contributed by atoms with Crippen molar-refractivity contribution in [3.63, 3.8) is 0 Å². The molecule has 0 aliphatic carbocycles. The van der Waals surface area contributed by atoms with Crippen molar-refractivity contribution >= 4 is 23.5 Å². The zero-order valence-corrected chi connectivity index (χ0v) is 16.1. The number of aromatic nitrogens is 3. The van der Waals surface area contributed by atoms with Gasteiger partial charge in [0.1, 0.15) is 12.2 Å². The third-order valence-corrected chi connectivity index (χ3v) is 5.00. The first-order valence-electron chi connectivity index (χ1n) is 8.87. The third kappa shape index (κ3) is 4.39. The maximum atomic E-state index is 12.1. The minimum Gasteiger partial charge on any atom is -0.306 e. The van der Waals surface area contributed by atoms with Crippen LogP contribution in [0.15, 0.2) is 88.3 Å². The van der Waals surface area contributed by atoms with Crippen molar-refractivity contribution in [2.75, 3.05) is 0 Å². The van der Waals surface area contributed by atoms with E-state index in [1.165, 1.54) is 10.6 Å². The minimum absolute atomic E-state index is 0.0991. The highest BCUT2D eigenvalue weighted by Gasteiger charge is 2.12. The van der Waals surface area contributed by atoms with Gasteiger partial charge >= 0.3 is 0 Å². The highest BCUT2D eigenvalue weighted by Crippen LogP contribution is 2.26. The molecule has 0 fully saturated rings. The Balaban J connectivity index is 1.54. The van der Waals surface area contributed by atoms with E-state index in [0.29, 0.717) is 0 Å². The van der Waals surface area contributed by atoms with E-state index in [9.17, 15) is 9.59 Å². The molecule has 1 amide bonds. The summed E-state index contributed by atoms with van der Waals surface area (Å²) in [6.07, 6.45) is 4.99. The summed E-state index contributed by atoms with van der Waals surface area (Å²) < 4.78 is 3.09. The van der Waals surface area contributed by atoms with Crippen LogP contribution >= 0.6 is 11.3 Å². The van der Waals surface area contributed by atoms with Gasteiger partial charge < -0.3 is 4.57 Å². The van der Waals surface area contributed by atoms with Crippen molar-refractivity contribution in [1.82, 2.24) is 19.8 Å². The number of carbonyl (C=O) groups is 1. The summed E-state index contributed by atoms with van der Waals surface area (Å²) in [5.74, 6) is -0.386. The number of rotatable bonds is 6. The van der Waals surface area contributed by atoms with Crippen LogP contribution in [0.2, 0.25) is 0 Å². The second kappa shape index (κ2) is 8.49. The predicted molar refractivity (Wildman–Crippen MR) is 113 cm³/mol. The monoisotopic (exact) mass is 403 g/mol. The molecule has 7 nitrogen and oxygen atoms in total. The molecule has 4 aromatic rings. The SMILES string of the molecule is O=C(Cn1ccccc1=O)N/N=C\c1cn(-c2ccccc2)nc1-c1cccs1. The first-order valence-corrected chi connectivity index (χ1v) is 9.75. The van der Waals surface area contributed by atoms with Crippen LogP contribution in [0.25, 0.3) is 16.3 Å². The van der Waals surface area contributed by atoms with Crippen LogP contribution in [0.4, 0.5) is 0 Å². The Labute approximate surface area is 170 Å². The number of benzene rings is 1. The number of hydrogen-bond donors (Lipinski definition) is 1. The number of nitrogens with zero attached hydrogens (tertiary/aromatic N) is 4. The molecule has 29 heavy (non-hydrogen) atoms. The predicted octanol–water partition coefficient (Wildman–Crippen LogP) is 2.91. The number of hydrazone groups is 1. The van der Waals surface area contributed by atoms with Crippen LogP contribution in [0, 0.1) is 0 Å². The molecule has 8 heteroatoms. The van der Waals surface area contributed by atoms with Gasteiger partial charge in [-0.25, -0.2) is 10.1 Å². The average Bonchev–Trinajstić information content (AvgIpc) is 3.40. The Morgan fingerprint density at radius 1 is 1.10 bits per heavy atom. The highest BCUT2D eigenvalue weighted by molar-refractivity contribution is 7.13. The standard InChI is InChI=1S/C21H17N5O2S/c27-19(15-25-11-5-4-10-20(25)28)23-22-13-16-14-26(17-7-2-1-3-8-17)24-21(16)18-9-6-12-29-18/h1-14H,15H2,(H,23,27)/b22-13-. The van der Waals surface area contributed by atoms with E-state index in [2.05, 4.69) is 15.6 Å². The largest absolute Gasteiger partial charge is 0.306 e. The van der Waals surface area contributed by atoms with Gasteiger partial charge in [0.05, 0.1) is 16.8 Å². The number of nitrogens with one attached hydrogen (secondary N) is 1. The first-order chi connectivity index (χ1) is 14.2. The normalized spacial score (nSPS) is 11.0. The number of thiophene rings is 1. The first kappa shape index (κ1) is 18.6. The van der Waals surface area contributed by atoms with E-state index in [1.807, 2.05) is 54.0 Å². The Morgan fingerprint density at radius 3 is 2.69 bits per heavy atom. The Bertz CT molecular complexity index is 1190. The van der Waals surface area contributed by atoms with Gasteiger partial charge in [-0.05, 0) is 29.6 Å². The van der Waals surface area contributed by atoms with E-state index in [1.54, 1.807) is 40.6 Å². The van der Waals surface area contributed by atoms with Crippen molar-refractivity contribution in [3.8, 4) is 16.3 Å². The molecular weight excluding hydrogens is 386 g/mol. The van der Waals surface area contributed by atoms with Crippen LogP contribution in [0.5, 0.6) is 0 Å². The Morgan fingerprint density at radius 2 is 1.93 bits per heavy atom. The molecule has 0 aliphatic rings. The van der Waals surface area contributed by atoms with E-state index in [-0.39, 0.29) is 18.0 Å². The van der Waals surface area contributed by atoms with Gasteiger partial charge in [0.2, 0.25) is 0 Å². The molecule has 1 aromatic carbocycles. The van der Waals surface area contributed by atoms with Gasteiger partial charge in [0, 0.05) is 24.0 Å². The van der Waals surface area contributed by atoms with Crippen molar-refractivity contribution in [3.05, 3.63) is 94.4 Å². The molecule has 0 unspecified atom stereocenters. The van der Waals surface area contributed by atoms with Gasteiger partial charge in [-0.3, -0.25) is 9.59 Å². The summed E-state index contributed by atoms with van der Waals surface area (Å²) in [5, 5.41) is 10.7. The quantitative estimate of drug-likeness (QED) is 0.397. The topological polar surface area (TPSA) is 81.3 Å². The van der Waals surface area contributed by atoms with Crippen LogP contribution in [0.1, 0.15) is 5.56 Å². The van der Waals surface area contributed by atoms with Crippen LogP contribution in [0.3, 0.4) is 0 Å². The molecule has 1 N–H and O–H groups in total. The highest BCUT2D eigenvalue weighted by atomic mass is 32.1. The summed E-state index contributed by atoms with van der Waals surface area (Å²) in [4.78, 5) is 24.8. The van der Waals surface area contributed by atoms with Crippen molar-refractivity contribution in [2.45, 2.75) is 6.54 Å². The lowest BCUT2D eigenvalue weighted by molar-refractivity contribution is -0.121. The molecule has 0 bridgehead atoms. The molecule has 0 radical (unpaired) electrons. The second-order valence-corrected chi connectivity index (χ2v) is 7.10. The summed E-state index contributed by atoms with van der Waals surface area (Å²) in [6, 6.07) is 18.4. The zero-order chi connectivity index (χ0) is 20.1. The van der Waals surface area contributed by atoms with Gasteiger partial charge in [-0.2, -0.15) is 10.2 Å². The lowest BCUT2D eigenvalue weighted by Crippen LogP contribution is -2.28. The molecule has 3 heterocycles. The van der Waals surface area contributed by atoms with E-state index in [0.717, 1.165) is 21.8 Å². The molecule has 3 aromatic heterocycles. The fraction of sp³-hybridized carbons (Fsp3) is 0.0476. The molecule has 0 saturated heterocycles. The molecule has 0 aliphatic heterocycles. The molecular formula is C21H17N5O2S. The van der Waals surface area contributed by atoms with Crippen molar-refractivity contribution in [1.29, 1.82) is 0 Å². The molecule has 4 rings (SSSR count). The third-order valence-electron chi connectivity index (χ3n) is 4.12. The number of pyridine rings is 1. The van der Waals surface area contributed by atoms with Crippen molar-refractivity contribution < 1.29 is 4.79 Å². The van der Waals surface area contributed by atoms with Crippen LogP contribution < -0.4 is 11.0 Å². The van der Waals surface area contributed by atoms with Crippen LogP contribution in [-0.4, -0.2) is 26.5 Å². The number of amides is 1. The maximum Gasteiger partial charge on any atom is 0.260 e. The molecule has 0 saturated carbocycles.